The number of rotatable bonds is 4. The lowest BCUT2D eigenvalue weighted by molar-refractivity contribution is 0.112. The normalized spacial score (nSPS) is 18.5. The highest BCUT2D eigenvalue weighted by Crippen LogP contribution is 2.28. The maximum Gasteiger partial charge on any atom is 0.166 e. The first-order valence-electron chi connectivity index (χ1n) is 8.82. The van der Waals surface area contributed by atoms with Crippen molar-refractivity contribution in [1.82, 2.24) is 19.5 Å². The highest BCUT2D eigenvalue weighted by molar-refractivity contribution is 5.85. The summed E-state index contributed by atoms with van der Waals surface area (Å²) in [5.74, 6) is 0.404. The molecule has 0 amide bonds. The summed E-state index contributed by atoms with van der Waals surface area (Å²) in [7, 11) is 0. The molecule has 0 saturated carbocycles. The summed E-state index contributed by atoms with van der Waals surface area (Å²) >= 11 is 0. The summed E-state index contributed by atoms with van der Waals surface area (Å²) in [4.78, 5) is 18.2. The Labute approximate surface area is 147 Å². The fourth-order valence-electron chi connectivity index (χ4n) is 3.82. The van der Waals surface area contributed by atoms with E-state index in [1.807, 2.05) is 17.5 Å². The quantitative estimate of drug-likeness (QED) is 0.687. The molecule has 1 aromatic carbocycles. The summed E-state index contributed by atoms with van der Waals surface area (Å²) in [5.41, 5.74) is 4.51. The van der Waals surface area contributed by atoms with Gasteiger partial charge in [-0.15, -0.1) is 0 Å². The van der Waals surface area contributed by atoms with Gasteiger partial charge in [-0.2, -0.15) is 5.10 Å². The van der Waals surface area contributed by atoms with Crippen LogP contribution >= 0.6 is 0 Å². The van der Waals surface area contributed by atoms with Crippen LogP contribution in [0.4, 0.5) is 0 Å². The Morgan fingerprint density at radius 2 is 2.08 bits per heavy atom. The minimum atomic E-state index is 0.404. The zero-order valence-electron chi connectivity index (χ0n) is 14.4. The van der Waals surface area contributed by atoms with Crippen molar-refractivity contribution in [2.45, 2.75) is 32.2 Å². The number of carbonyl (C=O) groups is 1. The fraction of sp³-hybridized carbons (Fsp3) is 0.350. The average Bonchev–Trinajstić information content (AvgIpc) is 2.97. The number of hydrogen-bond acceptors (Lipinski definition) is 4. The molecule has 1 aliphatic heterocycles. The number of aryl methyl sites for hydroxylation is 1. The second-order valence-electron chi connectivity index (χ2n) is 6.78. The standard InChI is InChI=1S/C20H22N4O/c1-15-18(14-25)20-21-10-9-19(24(20)22-15)17-8-5-11-23(13-17)12-16-6-3-2-4-7-16/h2-4,6-7,9-10,14,17H,5,8,11-13H2,1H3. The van der Waals surface area contributed by atoms with E-state index >= 15 is 0 Å². The molecule has 4 rings (SSSR count). The Balaban J connectivity index is 1.61. The summed E-state index contributed by atoms with van der Waals surface area (Å²) in [6.45, 7) is 4.97. The van der Waals surface area contributed by atoms with Crippen LogP contribution in [-0.4, -0.2) is 38.9 Å². The Bertz CT molecular complexity index is 887. The van der Waals surface area contributed by atoms with E-state index in [-0.39, 0.29) is 0 Å². The number of benzene rings is 1. The van der Waals surface area contributed by atoms with Crippen LogP contribution in [0.5, 0.6) is 0 Å². The molecule has 5 nitrogen and oxygen atoms in total. The van der Waals surface area contributed by atoms with Gasteiger partial charge in [0.1, 0.15) is 0 Å². The number of likely N-dealkylation sites (tertiary alicyclic amines) is 1. The van der Waals surface area contributed by atoms with Gasteiger partial charge in [-0.1, -0.05) is 30.3 Å². The van der Waals surface area contributed by atoms with E-state index in [0.29, 0.717) is 17.1 Å². The highest BCUT2D eigenvalue weighted by Gasteiger charge is 2.24. The van der Waals surface area contributed by atoms with Gasteiger partial charge >= 0.3 is 0 Å². The topological polar surface area (TPSA) is 50.5 Å². The monoisotopic (exact) mass is 334 g/mol. The van der Waals surface area contributed by atoms with Crippen molar-refractivity contribution in [1.29, 1.82) is 0 Å². The minimum Gasteiger partial charge on any atom is -0.298 e. The molecule has 0 bridgehead atoms. The van der Waals surface area contributed by atoms with Crippen LogP contribution < -0.4 is 0 Å². The molecule has 0 radical (unpaired) electrons. The Kier molecular flexibility index (Phi) is 4.32. The van der Waals surface area contributed by atoms with Gasteiger partial charge in [0, 0.05) is 25.2 Å². The number of nitrogens with zero attached hydrogens (tertiary/aromatic N) is 4. The first kappa shape index (κ1) is 16.0. The predicted octanol–water partition coefficient (Wildman–Crippen LogP) is 3.23. The van der Waals surface area contributed by atoms with Crippen LogP contribution in [0.3, 0.4) is 0 Å². The van der Waals surface area contributed by atoms with Crippen molar-refractivity contribution in [3.05, 3.63) is 65.1 Å². The summed E-state index contributed by atoms with van der Waals surface area (Å²) in [6.07, 6.45) is 4.97. The first-order valence-corrected chi connectivity index (χ1v) is 8.82. The molecule has 128 valence electrons. The van der Waals surface area contributed by atoms with E-state index in [1.165, 1.54) is 12.0 Å². The number of aromatic nitrogens is 3. The summed E-state index contributed by atoms with van der Waals surface area (Å²) in [5, 5.41) is 4.57. The molecule has 1 saturated heterocycles. The molecule has 5 heteroatoms. The Hall–Kier alpha value is -2.53. The largest absolute Gasteiger partial charge is 0.298 e. The second kappa shape index (κ2) is 6.76. The number of aldehydes is 1. The number of fused-ring (bicyclic) bond motifs is 1. The molecule has 1 aliphatic rings. The predicted molar refractivity (Wildman–Crippen MR) is 96.8 cm³/mol. The van der Waals surface area contributed by atoms with Crippen LogP contribution in [0.25, 0.3) is 5.65 Å². The Morgan fingerprint density at radius 3 is 2.88 bits per heavy atom. The molecule has 1 atom stereocenters. The van der Waals surface area contributed by atoms with Crippen molar-refractivity contribution in [2.24, 2.45) is 0 Å². The van der Waals surface area contributed by atoms with E-state index in [2.05, 4.69) is 45.3 Å². The zero-order chi connectivity index (χ0) is 17.2. The van der Waals surface area contributed by atoms with Crippen molar-refractivity contribution >= 4 is 11.9 Å². The number of piperidine rings is 1. The smallest absolute Gasteiger partial charge is 0.166 e. The van der Waals surface area contributed by atoms with Gasteiger partial charge in [-0.05, 0) is 37.9 Å². The van der Waals surface area contributed by atoms with Gasteiger partial charge in [0.2, 0.25) is 0 Å². The molecule has 0 N–H and O–H groups in total. The molecule has 3 heterocycles. The van der Waals surface area contributed by atoms with Crippen LogP contribution in [-0.2, 0) is 6.54 Å². The lowest BCUT2D eigenvalue weighted by atomic mass is 9.94. The van der Waals surface area contributed by atoms with Crippen LogP contribution in [0.2, 0.25) is 0 Å². The van der Waals surface area contributed by atoms with E-state index in [1.54, 1.807) is 6.20 Å². The minimum absolute atomic E-state index is 0.404. The van der Waals surface area contributed by atoms with Gasteiger partial charge in [0.15, 0.2) is 11.9 Å². The number of carbonyl (C=O) groups excluding carboxylic acids is 1. The van der Waals surface area contributed by atoms with Gasteiger partial charge in [-0.3, -0.25) is 9.69 Å². The van der Waals surface area contributed by atoms with Crippen molar-refractivity contribution in [3.63, 3.8) is 0 Å². The molecule has 25 heavy (non-hydrogen) atoms. The average molecular weight is 334 g/mol. The zero-order valence-corrected chi connectivity index (χ0v) is 14.4. The third-order valence-corrected chi connectivity index (χ3v) is 5.06. The Morgan fingerprint density at radius 1 is 1.24 bits per heavy atom. The first-order chi connectivity index (χ1) is 12.3. The van der Waals surface area contributed by atoms with Gasteiger partial charge in [-0.25, -0.2) is 9.50 Å². The van der Waals surface area contributed by atoms with Crippen LogP contribution in [0.1, 0.15) is 46.1 Å². The summed E-state index contributed by atoms with van der Waals surface area (Å²) in [6, 6.07) is 12.7. The third kappa shape index (κ3) is 3.07. The molecule has 0 aliphatic carbocycles. The molecular formula is C20H22N4O. The molecule has 3 aromatic rings. The maximum atomic E-state index is 11.3. The lowest BCUT2D eigenvalue weighted by Crippen LogP contribution is -2.34. The van der Waals surface area contributed by atoms with Crippen LogP contribution in [0.15, 0.2) is 42.6 Å². The van der Waals surface area contributed by atoms with Crippen molar-refractivity contribution in [2.75, 3.05) is 13.1 Å². The third-order valence-electron chi connectivity index (χ3n) is 5.06. The second-order valence-corrected chi connectivity index (χ2v) is 6.78. The molecule has 0 spiro atoms. The van der Waals surface area contributed by atoms with Crippen molar-refractivity contribution < 1.29 is 4.79 Å². The highest BCUT2D eigenvalue weighted by atomic mass is 16.1. The van der Waals surface area contributed by atoms with E-state index < -0.39 is 0 Å². The SMILES string of the molecule is Cc1nn2c(C3CCCN(Cc4ccccc4)C3)ccnc2c1C=O. The molecule has 1 fully saturated rings. The molecular weight excluding hydrogens is 312 g/mol. The number of hydrogen-bond donors (Lipinski definition) is 0. The lowest BCUT2D eigenvalue weighted by Gasteiger charge is -2.33. The fourth-order valence-corrected chi connectivity index (χ4v) is 3.82. The molecule has 1 unspecified atom stereocenters. The summed E-state index contributed by atoms with van der Waals surface area (Å²) < 4.78 is 1.87. The van der Waals surface area contributed by atoms with E-state index in [0.717, 1.165) is 43.7 Å². The van der Waals surface area contributed by atoms with E-state index in [4.69, 9.17) is 0 Å². The molecule has 2 aromatic heterocycles. The van der Waals surface area contributed by atoms with Crippen LogP contribution in [0, 0.1) is 6.92 Å². The van der Waals surface area contributed by atoms with E-state index in [9.17, 15) is 4.79 Å². The maximum absolute atomic E-state index is 11.3. The van der Waals surface area contributed by atoms with Crippen molar-refractivity contribution in [3.8, 4) is 0 Å². The van der Waals surface area contributed by atoms with Gasteiger partial charge in [0.25, 0.3) is 0 Å². The van der Waals surface area contributed by atoms with Gasteiger partial charge in [0.05, 0.1) is 17.0 Å². The van der Waals surface area contributed by atoms with Gasteiger partial charge < -0.3 is 0 Å².